The molecule has 0 saturated carbocycles. The van der Waals surface area contributed by atoms with Gasteiger partial charge in [0, 0.05) is 44.5 Å². The van der Waals surface area contributed by atoms with Gasteiger partial charge in [-0.1, -0.05) is 59.7 Å². The van der Waals surface area contributed by atoms with Gasteiger partial charge in [0.15, 0.2) is 0 Å². The third kappa shape index (κ3) is 5.03. The number of aliphatic hydroxyl groups is 1. The van der Waals surface area contributed by atoms with Crippen molar-refractivity contribution < 1.29 is 9.90 Å². The number of hydrogen-bond donors (Lipinski definition) is 1. The summed E-state index contributed by atoms with van der Waals surface area (Å²) >= 11 is 0. The van der Waals surface area contributed by atoms with Crippen LogP contribution in [0.1, 0.15) is 27.0 Å². The molecule has 1 aromatic heterocycles. The molecule has 31 heavy (non-hydrogen) atoms. The van der Waals surface area contributed by atoms with Crippen molar-refractivity contribution in [3.8, 4) is 11.3 Å². The fraction of sp³-hybridized carbons (Fsp3) is 0.360. The molecular formula is C25H30N4O2. The van der Waals surface area contributed by atoms with E-state index in [0.717, 1.165) is 29.9 Å². The van der Waals surface area contributed by atoms with Crippen LogP contribution in [0, 0.1) is 13.8 Å². The Morgan fingerprint density at radius 3 is 2.16 bits per heavy atom. The van der Waals surface area contributed by atoms with Crippen molar-refractivity contribution in [3.05, 3.63) is 77.0 Å². The smallest absolute Gasteiger partial charge is 0.257 e. The van der Waals surface area contributed by atoms with Gasteiger partial charge in [-0.3, -0.25) is 14.4 Å². The van der Waals surface area contributed by atoms with Gasteiger partial charge in [-0.2, -0.15) is 5.10 Å². The van der Waals surface area contributed by atoms with Crippen LogP contribution < -0.4 is 0 Å². The molecule has 1 amide bonds. The van der Waals surface area contributed by atoms with Gasteiger partial charge in [0.1, 0.15) is 5.69 Å². The summed E-state index contributed by atoms with van der Waals surface area (Å²) in [7, 11) is 0. The van der Waals surface area contributed by atoms with E-state index < -0.39 is 0 Å². The Labute approximate surface area is 183 Å². The first-order chi connectivity index (χ1) is 15.0. The number of aryl methyl sites for hydroxylation is 2. The van der Waals surface area contributed by atoms with Crippen molar-refractivity contribution in [3.63, 3.8) is 0 Å². The Balaban J connectivity index is 1.61. The molecule has 0 bridgehead atoms. The SMILES string of the molecule is Cc1ccc(Cn2cc(C(=O)N3CCN(CCO)CC3)c(-c3ccc(C)cc3)n2)cc1. The topological polar surface area (TPSA) is 61.6 Å². The number of carbonyl (C=O) groups is 1. The number of piperazine rings is 1. The van der Waals surface area contributed by atoms with Crippen molar-refractivity contribution in [2.24, 2.45) is 0 Å². The summed E-state index contributed by atoms with van der Waals surface area (Å²) in [6, 6.07) is 16.6. The van der Waals surface area contributed by atoms with Gasteiger partial charge < -0.3 is 10.0 Å². The molecule has 0 radical (unpaired) electrons. The number of benzene rings is 2. The lowest BCUT2D eigenvalue weighted by molar-refractivity contribution is 0.0615. The molecular weight excluding hydrogens is 388 g/mol. The van der Waals surface area contributed by atoms with Crippen molar-refractivity contribution in [1.29, 1.82) is 0 Å². The zero-order valence-corrected chi connectivity index (χ0v) is 18.3. The van der Waals surface area contributed by atoms with Crippen molar-refractivity contribution in [2.45, 2.75) is 20.4 Å². The molecule has 0 unspecified atom stereocenters. The number of carbonyl (C=O) groups excluding carboxylic acids is 1. The molecule has 1 saturated heterocycles. The Bertz CT molecular complexity index is 1020. The van der Waals surface area contributed by atoms with Crippen LogP contribution in [0.2, 0.25) is 0 Å². The number of amides is 1. The number of nitrogens with zero attached hydrogens (tertiary/aromatic N) is 4. The monoisotopic (exact) mass is 418 g/mol. The molecule has 1 fully saturated rings. The summed E-state index contributed by atoms with van der Waals surface area (Å²) in [5.41, 5.74) is 5.88. The van der Waals surface area contributed by atoms with Crippen LogP contribution >= 0.6 is 0 Å². The van der Waals surface area contributed by atoms with E-state index in [-0.39, 0.29) is 12.5 Å². The normalized spacial score (nSPS) is 14.7. The molecule has 1 N–H and O–H groups in total. The lowest BCUT2D eigenvalue weighted by Crippen LogP contribution is -2.49. The highest BCUT2D eigenvalue weighted by atomic mass is 16.3. The third-order valence-electron chi connectivity index (χ3n) is 5.86. The summed E-state index contributed by atoms with van der Waals surface area (Å²) in [5.74, 6) is 0.0226. The minimum atomic E-state index is 0.0226. The molecule has 0 aliphatic carbocycles. The molecule has 1 aliphatic heterocycles. The third-order valence-corrected chi connectivity index (χ3v) is 5.86. The second kappa shape index (κ2) is 9.45. The Hall–Kier alpha value is -2.96. The maximum Gasteiger partial charge on any atom is 0.257 e. The fourth-order valence-corrected chi connectivity index (χ4v) is 3.95. The summed E-state index contributed by atoms with van der Waals surface area (Å²) in [4.78, 5) is 17.5. The van der Waals surface area contributed by atoms with Crippen LogP contribution in [-0.2, 0) is 6.54 Å². The summed E-state index contributed by atoms with van der Waals surface area (Å²) in [5, 5.41) is 14.0. The van der Waals surface area contributed by atoms with Gasteiger partial charge in [-0.25, -0.2) is 0 Å². The molecule has 2 aromatic carbocycles. The average Bonchev–Trinajstić information content (AvgIpc) is 3.20. The molecule has 162 valence electrons. The van der Waals surface area contributed by atoms with E-state index in [1.165, 1.54) is 11.1 Å². The van der Waals surface area contributed by atoms with E-state index >= 15 is 0 Å². The number of aromatic nitrogens is 2. The van der Waals surface area contributed by atoms with Crippen molar-refractivity contribution in [2.75, 3.05) is 39.3 Å². The van der Waals surface area contributed by atoms with Crippen LogP contribution in [0.15, 0.2) is 54.7 Å². The largest absolute Gasteiger partial charge is 0.395 e. The van der Waals surface area contributed by atoms with E-state index in [1.807, 2.05) is 27.9 Å². The molecule has 3 aromatic rings. The molecule has 4 rings (SSSR count). The quantitative estimate of drug-likeness (QED) is 0.669. The van der Waals surface area contributed by atoms with Crippen LogP contribution in [0.4, 0.5) is 0 Å². The van der Waals surface area contributed by atoms with Crippen molar-refractivity contribution in [1.82, 2.24) is 19.6 Å². The first-order valence-corrected chi connectivity index (χ1v) is 10.9. The Morgan fingerprint density at radius 1 is 0.935 bits per heavy atom. The van der Waals surface area contributed by atoms with Crippen LogP contribution in [-0.4, -0.2) is 69.9 Å². The van der Waals surface area contributed by atoms with E-state index in [4.69, 9.17) is 10.2 Å². The zero-order chi connectivity index (χ0) is 21.8. The van der Waals surface area contributed by atoms with Crippen molar-refractivity contribution >= 4 is 5.91 Å². The van der Waals surface area contributed by atoms with E-state index in [1.54, 1.807) is 0 Å². The van der Waals surface area contributed by atoms with Gasteiger partial charge in [0.25, 0.3) is 5.91 Å². The predicted molar refractivity (Wildman–Crippen MR) is 122 cm³/mol. The zero-order valence-electron chi connectivity index (χ0n) is 18.3. The first kappa shape index (κ1) is 21.3. The average molecular weight is 419 g/mol. The molecule has 1 aliphatic rings. The van der Waals surface area contributed by atoms with Gasteiger partial charge in [-0.15, -0.1) is 0 Å². The van der Waals surface area contributed by atoms with Gasteiger partial charge in [-0.05, 0) is 19.4 Å². The second-order valence-corrected chi connectivity index (χ2v) is 8.30. The van der Waals surface area contributed by atoms with E-state index in [0.29, 0.717) is 31.7 Å². The van der Waals surface area contributed by atoms with Crippen LogP contribution in [0.5, 0.6) is 0 Å². The highest BCUT2D eigenvalue weighted by molar-refractivity contribution is 5.99. The predicted octanol–water partition coefficient (Wildman–Crippen LogP) is 2.97. The molecule has 0 spiro atoms. The summed E-state index contributed by atoms with van der Waals surface area (Å²) in [6.45, 7) is 8.44. The molecule has 2 heterocycles. The maximum absolute atomic E-state index is 13.4. The second-order valence-electron chi connectivity index (χ2n) is 8.30. The van der Waals surface area contributed by atoms with E-state index in [9.17, 15) is 4.79 Å². The van der Waals surface area contributed by atoms with Crippen LogP contribution in [0.3, 0.4) is 0 Å². The van der Waals surface area contributed by atoms with Gasteiger partial charge in [0.2, 0.25) is 0 Å². The number of β-amino-alcohol motifs (C(OH)–C–C–N with tert-alkyl or cyclic N) is 1. The number of aliphatic hydroxyl groups excluding tert-OH is 1. The Kier molecular flexibility index (Phi) is 6.49. The minimum absolute atomic E-state index is 0.0226. The number of hydrogen-bond acceptors (Lipinski definition) is 4. The maximum atomic E-state index is 13.4. The number of rotatable bonds is 6. The summed E-state index contributed by atoms with van der Waals surface area (Å²) < 4.78 is 1.87. The lowest BCUT2D eigenvalue weighted by Gasteiger charge is -2.34. The molecule has 0 atom stereocenters. The first-order valence-electron chi connectivity index (χ1n) is 10.9. The highest BCUT2D eigenvalue weighted by Gasteiger charge is 2.26. The molecule has 6 heteroatoms. The molecule has 6 nitrogen and oxygen atoms in total. The van der Waals surface area contributed by atoms with Crippen LogP contribution in [0.25, 0.3) is 11.3 Å². The minimum Gasteiger partial charge on any atom is -0.395 e. The van der Waals surface area contributed by atoms with Gasteiger partial charge in [0.05, 0.1) is 18.7 Å². The Morgan fingerprint density at radius 2 is 1.55 bits per heavy atom. The fourth-order valence-electron chi connectivity index (χ4n) is 3.95. The lowest BCUT2D eigenvalue weighted by atomic mass is 10.1. The standard InChI is InChI=1S/C25H30N4O2/c1-19-3-7-21(8-4-19)17-29-18-23(24(26-29)22-9-5-20(2)6-10-22)25(31)28-13-11-27(12-14-28)15-16-30/h3-10,18,30H,11-17H2,1-2H3. The van der Waals surface area contributed by atoms with E-state index in [2.05, 4.69) is 55.1 Å². The highest BCUT2D eigenvalue weighted by Crippen LogP contribution is 2.25. The summed E-state index contributed by atoms with van der Waals surface area (Å²) in [6.07, 6.45) is 1.89. The van der Waals surface area contributed by atoms with Gasteiger partial charge >= 0.3 is 0 Å².